The second kappa shape index (κ2) is 7.24. The maximum Gasteiger partial charge on any atom is 0.0576 e. The van der Waals surface area contributed by atoms with Crippen molar-refractivity contribution in [3.05, 3.63) is 0 Å². The zero-order chi connectivity index (χ0) is 10.2. The number of hydrogen-bond acceptors (Lipinski definition) is 2. The van der Waals surface area contributed by atoms with E-state index in [9.17, 15) is 0 Å². The van der Waals surface area contributed by atoms with Gasteiger partial charge in [-0.3, -0.25) is 0 Å². The Kier molecular flexibility index (Phi) is 6.20. The molecule has 1 heterocycles. The van der Waals surface area contributed by atoms with Crippen molar-refractivity contribution in [3.8, 4) is 0 Å². The predicted octanol–water partition coefficient (Wildman–Crippen LogP) is 2.72. The Bertz CT molecular complexity index is 132. The highest BCUT2D eigenvalue weighted by atomic mass is 16.5. The zero-order valence-corrected chi connectivity index (χ0v) is 9.72. The summed E-state index contributed by atoms with van der Waals surface area (Å²) in [7, 11) is 2.08. The first-order valence-electron chi connectivity index (χ1n) is 6.15. The van der Waals surface area contributed by atoms with E-state index in [0.29, 0.717) is 12.1 Å². The van der Waals surface area contributed by atoms with Gasteiger partial charge in [-0.1, -0.05) is 19.8 Å². The van der Waals surface area contributed by atoms with Crippen molar-refractivity contribution >= 4 is 0 Å². The van der Waals surface area contributed by atoms with Gasteiger partial charge in [-0.05, 0) is 39.2 Å². The Morgan fingerprint density at radius 2 is 2.29 bits per heavy atom. The van der Waals surface area contributed by atoms with Crippen molar-refractivity contribution in [3.63, 3.8) is 0 Å². The molecular weight excluding hydrogens is 174 g/mol. The minimum Gasteiger partial charge on any atom is -0.378 e. The Labute approximate surface area is 88.4 Å². The average Bonchev–Trinajstić information content (AvgIpc) is 2.71. The molecule has 14 heavy (non-hydrogen) atoms. The van der Waals surface area contributed by atoms with Gasteiger partial charge in [0.15, 0.2) is 0 Å². The molecule has 2 nitrogen and oxygen atoms in total. The second-order valence-corrected chi connectivity index (χ2v) is 4.34. The summed E-state index contributed by atoms with van der Waals surface area (Å²) in [5.74, 6) is 0. The minimum atomic E-state index is 0.562. The van der Waals surface area contributed by atoms with Gasteiger partial charge in [0.1, 0.15) is 0 Å². The lowest BCUT2D eigenvalue weighted by Gasteiger charge is -2.17. The quantitative estimate of drug-likeness (QED) is 0.680. The number of rotatable bonds is 7. The predicted molar refractivity (Wildman–Crippen MR) is 60.6 cm³/mol. The van der Waals surface area contributed by atoms with E-state index < -0.39 is 0 Å². The molecule has 0 bridgehead atoms. The van der Waals surface area contributed by atoms with E-state index in [1.807, 2.05) is 0 Å². The van der Waals surface area contributed by atoms with Crippen LogP contribution in [0.25, 0.3) is 0 Å². The normalized spacial score (nSPS) is 24.0. The third-order valence-corrected chi connectivity index (χ3v) is 3.18. The van der Waals surface area contributed by atoms with Crippen molar-refractivity contribution in [2.45, 2.75) is 64.0 Å². The van der Waals surface area contributed by atoms with Crippen LogP contribution >= 0.6 is 0 Å². The number of unbranched alkanes of at least 4 members (excludes halogenated alkanes) is 1. The molecule has 0 aromatic rings. The SMILES string of the molecule is CCCCC(CCC1CCCO1)NC. The fourth-order valence-corrected chi connectivity index (χ4v) is 2.14. The molecule has 2 atom stereocenters. The fraction of sp³-hybridized carbons (Fsp3) is 1.00. The Hall–Kier alpha value is -0.0800. The van der Waals surface area contributed by atoms with Crippen LogP contribution in [-0.2, 0) is 4.74 Å². The van der Waals surface area contributed by atoms with Crippen molar-refractivity contribution in [1.29, 1.82) is 0 Å². The van der Waals surface area contributed by atoms with Gasteiger partial charge in [-0.2, -0.15) is 0 Å². The highest BCUT2D eigenvalue weighted by Gasteiger charge is 2.16. The summed E-state index contributed by atoms with van der Waals surface area (Å²) in [5, 5.41) is 3.41. The number of ether oxygens (including phenoxy) is 1. The van der Waals surface area contributed by atoms with Gasteiger partial charge >= 0.3 is 0 Å². The van der Waals surface area contributed by atoms with E-state index in [1.165, 1.54) is 44.9 Å². The van der Waals surface area contributed by atoms with Gasteiger partial charge in [0.2, 0.25) is 0 Å². The maximum absolute atomic E-state index is 5.62. The molecular formula is C12H25NO. The summed E-state index contributed by atoms with van der Waals surface area (Å²) in [6, 6.07) is 0.708. The highest BCUT2D eigenvalue weighted by molar-refractivity contribution is 4.70. The summed E-state index contributed by atoms with van der Waals surface area (Å²) < 4.78 is 5.62. The molecule has 1 fully saturated rings. The van der Waals surface area contributed by atoms with Crippen LogP contribution in [0.1, 0.15) is 51.9 Å². The van der Waals surface area contributed by atoms with Crippen molar-refractivity contribution in [2.24, 2.45) is 0 Å². The molecule has 1 rings (SSSR count). The summed E-state index contributed by atoms with van der Waals surface area (Å²) in [4.78, 5) is 0. The van der Waals surface area contributed by atoms with Crippen LogP contribution in [0.4, 0.5) is 0 Å². The van der Waals surface area contributed by atoms with Crippen LogP contribution in [0.15, 0.2) is 0 Å². The van der Waals surface area contributed by atoms with Crippen LogP contribution < -0.4 is 5.32 Å². The van der Waals surface area contributed by atoms with Crippen LogP contribution in [0.2, 0.25) is 0 Å². The molecule has 2 heteroatoms. The molecule has 0 saturated carbocycles. The van der Waals surface area contributed by atoms with E-state index in [1.54, 1.807) is 0 Å². The minimum absolute atomic E-state index is 0.562. The van der Waals surface area contributed by atoms with Gasteiger partial charge in [-0.15, -0.1) is 0 Å². The number of nitrogens with one attached hydrogen (secondary N) is 1. The smallest absolute Gasteiger partial charge is 0.0576 e. The molecule has 0 radical (unpaired) electrons. The lowest BCUT2D eigenvalue weighted by molar-refractivity contribution is 0.0994. The van der Waals surface area contributed by atoms with Crippen LogP contribution in [0.3, 0.4) is 0 Å². The number of hydrogen-bond donors (Lipinski definition) is 1. The van der Waals surface area contributed by atoms with Gasteiger partial charge in [-0.25, -0.2) is 0 Å². The highest BCUT2D eigenvalue weighted by Crippen LogP contribution is 2.18. The fourth-order valence-electron chi connectivity index (χ4n) is 2.14. The lowest BCUT2D eigenvalue weighted by atomic mass is 10.0. The largest absolute Gasteiger partial charge is 0.378 e. The molecule has 84 valence electrons. The summed E-state index contributed by atoms with van der Waals surface area (Å²) in [6.07, 6.45) is 9.60. The van der Waals surface area contributed by atoms with Gasteiger partial charge in [0.05, 0.1) is 6.10 Å². The van der Waals surface area contributed by atoms with Crippen molar-refractivity contribution < 1.29 is 4.74 Å². The first-order valence-corrected chi connectivity index (χ1v) is 6.15. The van der Waals surface area contributed by atoms with E-state index >= 15 is 0 Å². The van der Waals surface area contributed by atoms with Crippen LogP contribution in [0.5, 0.6) is 0 Å². The monoisotopic (exact) mass is 199 g/mol. The van der Waals surface area contributed by atoms with E-state index in [2.05, 4.69) is 19.3 Å². The van der Waals surface area contributed by atoms with E-state index in [0.717, 1.165) is 6.61 Å². The van der Waals surface area contributed by atoms with E-state index in [4.69, 9.17) is 4.74 Å². The molecule has 0 aliphatic carbocycles. The van der Waals surface area contributed by atoms with Gasteiger partial charge < -0.3 is 10.1 Å². The molecule has 0 aromatic carbocycles. The topological polar surface area (TPSA) is 21.3 Å². The summed E-state index contributed by atoms with van der Waals surface area (Å²) >= 11 is 0. The standard InChI is InChI=1S/C12H25NO/c1-3-4-6-11(13-2)8-9-12-7-5-10-14-12/h11-13H,3-10H2,1-2H3. The average molecular weight is 199 g/mol. The summed E-state index contributed by atoms with van der Waals surface area (Å²) in [5.41, 5.74) is 0. The third-order valence-electron chi connectivity index (χ3n) is 3.18. The molecule has 1 N–H and O–H groups in total. The van der Waals surface area contributed by atoms with E-state index in [-0.39, 0.29) is 0 Å². The third kappa shape index (κ3) is 4.43. The molecule has 1 aliphatic heterocycles. The maximum atomic E-state index is 5.62. The van der Waals surface area contributed by atoms with Gasteiger partial charge in [0, 0.05) is 12.6 Å². The molecule has 2 unspecified atom stereocenters. The van der Waals surface area contributed by atoms with Crippen molar-refractivity contribution in [2.75, 3.05) is 13.7 Å². The molecule has 0 aromatic heterocycles. The molecule has 1 aliphatic rings. The Morgan fingerprint density at radius 3 is 2.86 bits per heavy atom. The molecule has 1 saturated heterocycles. The second-order valence-electron chi connectivity index (χ2n) is 4.34. The molecule has 0 spiro atoms. The Balaban J connectivity index is 2.06. The lowest BCUT2D eigenvalue weighted by Crippen LogP contribution is -2.26. The zero-order valence-electron chi connectivity index (χ0n) is 9.72. The van der Waals surface area contributed by atoms with Gasteiger partial charge in [0.25, 0.3) is 0 Å². The molecule has 0 amide bonds. The van der Waals surface area contributed by atoms with Crippen LogP contribution in [-0.4, -0.2) is 25.8 Å². The first-order chi connectivity index (χ1) is 6.86. The Morgan fingerprint density at radius 1 is 1.43 bits per heavy atom. The van der Waals surface area contributed by atoms with Crippen molar-refractivity contribution in [1.82, 2.24) is 5.32 Å². The first kappa shape index (κ1) is 12.0. The van der Waals surface area contributed by atoms with Crippen LogP contribution in [0, 0.1) is 0 Å². The summed E-state index contributed by atoms with van der Waals surface area (Å²) in [6.45, 7) is 3.25.